The second-order valence-electron chi connectivity index (χ2n) is 9.76. The Kier molecular flexibility index (Phi) is 8.26. The lowest BCUT2D eigenvalue weighted by molar-refractivity contribution is 0.250. The van der Waals surface area contributed by atoms with E-state index < -0.39 is 11.6 Å². The third kappa shape index (κ3) is 6.42. The largest absolute Gasteiger partial charge is 0.492 e. The lowest BCUT2D eigenvalue weighted by Crippen LogP contribution is -2.30. The van der Waals surface area contributed by atoms with Crippen molar-refractivity contribution in [3.63, 3.8) is 0 Å². The predicted molar refractivity (Wildman–Crippen MR) is 141 cm³/mol. The van der Waals surface area contributed by atoms with Crippen LogP contribution < -0.4 is 15.4 Å². The van der Waals surface area contributed by atoms with Crippen LogP contribution in [0.4, 0.5) is 31.9 Å². The minimum absolute atomic E-state index is 0.115. The average Bonchev–Trinajstić information content (AvgIpc) is 2.82. The van der Waals surface area contributed by atoms with E-state index in [-0.39, 0.29) is 23.1 Å². The molecule has 2 N–H and O–H groups in total. The number of anilines is 4. The van der Waals surface area contributed by atoms with E-state index in [1.165, 1.54) is 12.1 Å². The van der Waals surface area contributed by atoms with Crippen LogP contribution in [0.2, 0.25) is 5.02 Å². The molecule has 0 amide bonds. The van der Waals surface area contributed by atoms with E-state index in [9.17, 15) is 8.78 Å². The minimum atomic E-state index is -0.549. The number of rotatable bonds is 8. The van der Waals surface area contributed by atoms with Gasteiger partial charge in [0.25, 0.3) is 0 Å². The summed E-state index contributed by atoms with van der Waals surface area (Å²) in [6.07, 6.45) is 3.12. The smallest absolute Gasteiger partial charge is 0.229 e. The van der Waals surface area contributed by atoms with Crippen molar-refractivity contribution in [1.29, 1.82) is 0 Å². The first kappa shape index (κ1) is 26.1. The molecule has 36 heavy (non-hydrogen) atoms. The number of benzene rings is 2. The fraction of sp³-hybridized carbons (Fsp3) is 0.407. The number of ether oxygens (including phenoxy) is 1. The summed E-state index contributed by atoms with van der Waals surface area (Å²) in [7, 11) is 2.02. The Bertz CT molecular complexity index is 1190. The van der Waals surface area contributed by atoms with Gasteiger partial charge in [-0.1, -0.05) is 25.4 Å². The maximum Gasteiger partial charge on any atom is 0.229 e. The quantitative estimate of drug-likeness (QED) is 0.335. The standard InChI is InChI=1S/C27H32ClF2N5O/c1-16(2)15-36-24-13-19(5-6-21(24)28)32-26-17(3)14-31-27(34-26)33-20-11-22(29)25(23(30)12-20)18-7-9-35(4)10-8-18/h5-6,11-14,16,18H,7-10,15H2,1-4H3,(H2,31,32,33,34). The van der Waals surface area contributed by atoms with Crippen LogP contribution in [-0.2, 0) is 0 Å². The van der Waals surface area contributed by atoms with Crippen molar-refractivity contribution in [2.75, 3.05) is 37.4 Å². The maximum atomic E-state index is 14.9. The third-order valence-corrected chi connectivity index (χ3v) is 6.51. The van der Waals surface area contributed by atoms with Gasteiger partial charge in [0, 0.05) is 34.8 Å². The normalized spacial score (nSPS) is 14.8. The molecule has 3 aromatic rings. The van der Waals surface area contributed by atoms with Crippen molar-refractivity contribution >= 4 is 34.7 Å². The fourth-order valence-corrected chi connectivity index (χ4v) is 4.36. The van der Waals surface area contributed by atoms with Gasteiger partial charge in [-0.25, -0.2) is 13.8 Å². The molecule has 0 atom stereocenters. The van der Waals surface area contributed by atoms with E-state index in [2.05, 4.69) is 39.3 Å². The van der Waals surface area contributed by atoms with Crippen LogP contribution >= 0.6 is 11.6 Å². The number of likely N-dealkylation sites (tertiary alicyclic amines) is 1. The van der Waals surface area contributed by atoms with Gasteiger partial charge in [0.15, 0.2) is 0 Å². The molecule has 1 aliphatic rings. The molecule has 4 rings (SSSR count). The molecule has 0 unspecified atom stereocenters. The number of nitrogens with zero attached hydrogens (tertiary/aromatic N) is 3. The van der Waals surface area contributed by atoms with Crippen molar-refractivity contribution < 1.29 is 13.5 Å². The summed E-state index contributed by atoms with van der Waals surface area (Å²) in [5.41, 5.74) is 1.96. The molecule has 1 fully saturated rings. The monoisotopic (exact) mass is 515 g/mol. The van der Waals surface area contributed by atoms with E-state index in [0.29, 0.717) is 29.1 Å². The molecular formula is C27H32ClF2N5O. The molecule has 0 saturated carbocycles. The molecule has 2 heterocycles. The summed E-state index contributed by atoms with van der Waals surface area (Å²) < 4.78 is 35.7. The lowest BCUT2D eigenvalue weighted by Gasteiger charge is -2.29. The highest BCUT2D eigenvalue weighted by Gasteiger charge is 2.25. The number of aromatic nitrogens is 2. The molecule has 6 nitrogen and oxygen atoms in total. The first-order valence-corrected chi connectivity index (χ1v) is 12.5. The zero-order valence-electron chi connectivity index (χ0n) is 21.0. The predicted octanol–water partition coefficient (Wildman–Crippen LogP) is 7.05. The molecule has 0 bridgehead atoms. The number of piperidine rings is 1. The van der Waals surface area contributed by atoms with Crippen LogP contribution in [0.5, 0.6) is 5.75 Å². The van der Waals surface area contributed by atoms with Crippen molar-refractivity contribution in [3.05, 3.63) is 64.3 Å². The van der Waals surface area contributed by atoms with Gasteiger partial charge in [0.2, 0.25) is 5.95 Å². The first-order valence-electron chi connectivity index (χ1n) is 12.2. The molecule has 0 aliphatic carbocycles. The lowest BCUT2D eigenvalue weighted by atomic mass is 9.88. The van der Waals surface area contributed by atoms with Crippen LogP contribution in [0, 0.1) is 24.5 Å². The number of halogens is 3. The Hall–Kier alpha value is -2.97. The summed E-state index contributed by atoms with van der Waals surface area (Å²) in [6, 6.07) is 8.01. The van der Waals surface area contributed by atoms with E-state index in [1.54, 1.807) is 12.3 Å². The van der Waals surface area contributed by atoms with Crippen LogP contribution in [0.25, 0.3) is 0 Å². The Labute approximate surface area is 216 Å². The Morgan fingerprint density at radius 2 is 1.78 bits per heavy atom. The topological polar surface area (TPSA) is 62.3 Å². The van der Waals surface area contributed by atoms with Crippen molar-refractivity contribution in [3.8, 4) is 5.75 Å². The molecule has 0 radical (unpaired) electrons. The van der Waals surface area contributed by atoms with Gasteiger partial charge < -0.3 is 20.3 Å². The second kappa shape index (κ2) is 11.4. The first-order chi connectivity index (χ1) is 17.2. The Morgan fingerprint density at radius 3 is 2.44 bits per heavy atom. The van der Waals surface area contributed by atoms with E-state index >= 15 is 0 Å². The highest BCUT2D eigenvalue weighted by molar-refractivity contribution is 6.32. The Morgan fingerprint density at radius 1 is 1.08 bits per heavy atom. The van der Waals surface area contributed by atoms with Gasteiger partial charge in [-0.3, -0.25) is 0 Å². The maximum absolute atomic E-state index is 14.9. The van der Waals surface area contributed by atoms with Crippen LogP contribution in [0.15, 0.2) is 36.5 Å². The molecule has 192 valence electrons. The van der Waals surface area contributed by atoms with E-state index in [0.717, 1.165) is 37.2 Å². The molecule has 1 aromatic heterocycles. The Balaban J connectivity index is 1.51. The van der Waals surface area contributed by atoms with Crippen molar-refractivity contribution in [1.82, 2.24) is 14.9 Å². The van der Waals surface area contributed by atoms with Gasteiger partial charge in [-0.2, -0.15) is 4.98 Å². The highest BCUT2D eigenvalue weighted by Crippen LogP contribution is 2.34. The van der Waals surface area contributed by atoms with Crippen molar-refractivity contribution in [2.24, 2.45) is 5.92 Å². The average molecular weight is 516 g/mol. The SMILES string of the molecule is Cc1cnc(Nc2cc(F)c(C3CCN(C)CC3)c(F)c2)nc1Nc1ccc(Cl)c(OCC(C)C)c1. The van der Waals surface area contributed by atoms with Gasteiger partial charge in [0.05, 0.1) is 11.6 Å². The van der Waals surface area contributed by atoms with Gasteiger partial charge >= 0.3 is 0 Å². The summed E-state index contributed by atoms with van der Waals surface area (Å²) in [4.78, 5) is 11.0. The van der Waals surface area contributed by atoms with Gasteiger partial charge in [-0.05, 0) is 76.0 Å². The van der Waals surface area contributed by atoms with Gasteiger partial charge in [0.1, 0.15) is 23.2 Å². The number of aryl methyl sites for hydroxylation is 1. The molecule has 0 spiro atoms. The highest BCUT2D eigenvalue weighted by atomic mass is 35.5. The molecule has 1 saturated heterocycles. The molecule has 2 aromatic carbocycles. The summed E-state index contributed by atoms with van der Waals surface area (Å²) in [5.74, 6) is 0.503. The summed E-state index contributed by atoms with van der Waals surface area (Å²) in [5, 5.41) is 6.71. The molecule has 9 heteroatoms. The van der Waals surface area contributed by atoms with E-state index in [1.807, 2.05) is 26.1 Å². The van der Waals surface area contributed by atoms with Gasteiger partial charge in [-0.15, -0.1) is 0 Å². The number of hydrogen-bond acceptors (Lipinski definition) is 6. The fourth-order valence-electron chi connectivity index (χ4n) is 4.19. The van der Waals surface area contributed by atoms with Crippen molar-refractivity contribution in [2.45, 2.75) is 39.5 Å². The number of hydrogen-bond donors (Lipinski definition) is 2. The third-order valence-electron chi connectivity index (χ3n) is 6.20. The minimum Gasteiger partial charge on any atom is -0.492 e. The summed E-state index contributed by atoms with van der Waals surface area (Å²) in [6.45, 7) is 8.20. The second-order valence-corrected chi connectivity index (χ2v) is 10.2. The van der Waals surface area contributed by atoms with Crippen LogP contribution in [0.3, 0.4) is 0 Å². The summed E-state index contributed by atoms with van der Waals surface area (Å²) >= 11 is 6.27. The van der Waals surface area contributed by atoms with E-state index in [4.69, 9.17) is 16.3 Å². The zero-order chi connectivity index (χ0) is 25.8. The zero-order valence-corrected chi connectivity index (χ0v) is 21.8. The number of nitrogens with one attached hydrogen (secondary N) is 2. The molecular weight excluding hydrogens is 484 g/mol. The molecule has 1 aliphatic heterocycles. The van der Waals surface area contributed by atoms with Crippen LogP contribution in [-0.4, -0.2) is 41.6 Å². The van der Waals surface area contributed by atoms with Crippen LogP contribution in [0.1, 0.15) is 43.7 Å².